The molecule has 1 atom stereocenters. The van der Waals surface area contributed by atoms with Crippen molar-refractivity contribution in [1.82, 2.24) is 19.6 Å². The van der Waals surface area contributed by atoms with Gasteiger partial charge in [-0.3, -0.25) is 5.32 Å². The molecule has 0 amide bonds. The zero-order valence-electron chi connectivity index (χ0n) is 11.4. The minimum absolute atomic E-state index is 0.216. The van der Waals surface area contributed by atoms with Gasteiger partial charge in [-0.2, -0.15) is 0 Å². The molecule has 2 heterocycles. The first kappa shape index (κ1) is 14.8. The standard InChI is InChI=1S/C12H18N4O3S/c1-16-8-7-14-12(16)11(10-4-3-9-19-10)13-5-6-15-20(2,17)18/h3-4,7-9,11,13,15H,5-6H2,1-2H3. The first-order valence-electron chi connectivity index (χ1n) is 6.16. The van der Waals surface area contributed by atoms with E-state index in [-0.39, 0.29) is 6.04 Å². The quantitative estimate of drug-likeness (QED) is 0.715. The molecule has 0 aliphatic heterocycles. The fourth-order valence-electron chi connectivity index (χ4n) is 1.88. The van der Waals surface area contributed by atoms with Crippen LogP contribution in [0.25, 0.3) is 0 Å². The van der Waals surface area contributed by atoms with Crippen molar-refractivity contribution in [2.24, 2.45) is 7.05 Å². The maximum atomic E-state index is 11.0. The van der Waals surface area contributed by atoms with Gasteiger partial charge in [0.15, 0.2) is 0 Å². The summed E-state index contributed by atoms with van der Waals surface area (Å²) in [6.07, 6.45) is 6.29. The Balaban J connectivity index is 2.04. The molecule has 2 aromatic rings. The summed E-state index contributed by atoms with van der Waals surface area (Å²) in [6, 6.07) is 3.45. The molecule has 2 aromatic heterocycles. The summed E-state index contributed by atoms with van der Waals surface area (Å²) < 4.78 is 31.8. The highest BCUT2D eigenvalue weighted by Crippen LogP contribution is 2.20. The van der Waals surface area contributed by atoms with E-state index in [2.05, 4.69) is 15.0 Å². The Morgan fingerprint density at radius 2 is 2.25 bits per heavy atom. The van der Waals surface area contributed by atoms with Gasteiger partial charge in [-0.1, -0.05) is 0 Å². The molecule has 1 unspecified atom stereocenters. The zero-order chi connectivity index (χ0) is 14.6. The number of sulfonamides is 1. The molecule has 0 saturated carbocycles. The average molecular weight is 298 g/mol. The second-order valence-corrected chi connectivity index (χ2v) is 6.30. The molecule has 0 radical (unpaired) electrons. The molecular formula is C12H18N4O3S. The lowest BCUT2D eigenvalue weighted by Crippen LogP contribution is -2.34. The predicted octanol–water partition coefficient (Wildman–Crippen LogP) is 0.241. The molecule has 110 valence electrons. The number of furan rings is 1. The highest BCUT2D eigenvalue weighted by atomic mass is 32.2. The number of aryl methyl sites for hydroxylation is 1. The number of nitrogens with one attached hydrogen (secondary N) is 2. The van der Waals surface area contributed by atoms with Gasteiger partial charge in [0.1, 0.15) is 17.6 Å². The van der Waals surface area contributed by atoms with Crippen LogP contribution in [-0.4, -0.2) is 37.3 Å². The zero-order valence-corrected chi connectivity index (χ0v) is 12.2. The third-order valence-corrected chi connectivity index (χ3v) is 3.51. The van der Waals surface area contributed by atoms with Crippen LogP contribution in [0.5, 0.6) is 0 Å². The second kappa shape index (κ2) is 6.21. The molecule has 0 aliphatic rings. The number of hydrogen-bond acceptors (Lipinski definition) is 5. The number of hydrogen-bond donors (Lipinski definition) is 2. The predicted molar refractivity (Wildman–Crippen MR) is 74.6 cm³/mol. The number of imidazole rings is 1. The molecule has 20 heavy (non-hydrogen) atoms. The van der Waals surface area contributed by atoms with E-state index in [9.17, 15) is 8.42 Å². The summed E-state index contributed by atoms with van der Waals surface area (Å²) in [5, 5.41) is 3.23. The van der Waals surface area contributed by atoms with Gasteiger partial charge < -0.3 is 8.98 Å². The lowest BCUT2D eigenvalue weighted by atomic mass is 10.2. The van der Waals surface area contributed by atoms with Gasteiger partial charge in [0.05, 0.1) is 12.5 Å². The first-order chi connectivity index (χ1) is 9.47. The van der Waals surface area contributed by atoms with Gasteiger partial charge in [-0.05, 0) is 12.1 Å². The molecule has 0 saturated heterocycles. The van der Waals surface area contributed by atoms with E-state index in [4.69, 9.17) is 4.42 Å². The lowest BCUT2D eigenvalue weighted by molar-refractivity contribution is 0.431. The molecule has 2 N–H and O–H groups in total. The van der Waals surface area contributed by atoms with E-state index in [0.29, 0.717) is 13.1 Å². The minimum atomic E-state index is -3.17. The highest BCUT2D eigenvalue weighted by Gasteiger charge is 2.20. The van der Waals surface area contributed by atoms with Crippen molar-refractivity contribution in [3.05, 3.63) is 42.4 Å². The van der Waals surface area contributed by atoms with Crippen molar-refractivity contribution in [2.45, 2.75) is 6.04 Å². The van der Waals surface area contributed by atoms with Crippen LogP contribution in [0.1, 0.15) is 17.6 Å². The van der Waals surface area contributed by atoms with Crippen LogP contribution in [0.4, 0.5) is 0 Å². The van der Waals surface area contributed by atoms with Crippen molar-refractivity contribution < 1.29 is 12.8 Å². The van der Waals surface area contributed by atoms with E-state index >= 15 is 0 Å². The van der Waals surface area contributed by atoms with Gasteiger partial charge in [0, 0.05) is 32.5 Å². The molecular weight excluding hydrogens is 280 g/mol. The Morgan fingerprint density at radius 1 is 1.45 bits per heavy atom. The lowest BCUT2D eigenvalue weighted by Gasteiger charge is -2.16. The smallest absolute Gasteiger partial charge is 0.208 e. The van der Waals surface area contributed by atoms with E-state index in [1.165, 1.54) is 0 Å². The average Bonchev–Trinajstić information content (AvgIpc) is 3.00. The second-order valence-electron chi connectivity index (χ2n) is 4.47. The molecule has 0 spiro atoms. The summed E-state index contributed by atoms with van der Waals surface area (Å²) in [7, 11) is -1.27. The molecule has 0 fully saturated rings. The van der Waals surface area contributed by atoms with Crippen LogP contribution in [-0.2, 0) is 17.1 Å². The van der Waals surface area contributed by atoms with Crippen molar-refractivity contribution in [3.63, 3.8) is 0 Å². The maximum Gasteiger partial charge on any atom is 0.208 e. The summed E-state index contributed by atoms with van der Waals surface area (Å²) in [5.74, 6) is 1.54. The van der Waals surface area contributed by atoms with Gasteiger partial charge in [-0.15, -0.1) is 0 Å². The largest absolute Gasteiger partial charge is 0.467 e. The molecule has 8 heteroatoms. The van der Waals surface area contributed by atoms with Gasteiger partial charge in [0.25, 0.3) is 0 Å². The Hall–Kier alpha value is -1.64. The van der Waals surface area contributed by atoms with Gasteiger partial charge in [-0.25, -0.2) is 18.1 Å². The maximum absolute atomic E-state index is 11.0. The van der Waals surface area contributed by atoms with Crippen molar-refractivity contribution in [3.8, 4) is 0 Å². The topological polar surface area (TPSA) is 89.2 Å². The van der Waals surface area contributed by atoms with E-state index < -0.39 is 10.0 Å². The van der Waals surface area contributed by atoms with Gasteiger partial charge >= 0.3 is 0 Å². The number of nitrogens with zero attached hydrogens (tertiary/aromatic N) is 2. The molecule has 7 nitrogen and oxygen atoms in total. The first-order valence-corrected chi connectivity index (χ1v) is 8.05. The SMILES string of the molecule is Cn1ccnc1C(NCCNS(C)(=O)=O)c1ccco1. The number of aromatic nitrogens is 2. The Kier molecular flexibility index (Phi) is 4.58. The van der Waals surface area contributed by atoms with Crippen LogP contribution in [0.3, 0.4) is 0 Å². The highest BCUT2D eigenvalue weighted by molar-refractivity contribution is 7.88. The van der Waals surface area contributed by atoms with Crippen LogP contribution < -0.4 is 10.0 Å². The summed E-state index contributed by atoms with van der Waals surface area (Å²) in [4.78, 5) is 4.30. The molecule has 0 bridgehead atoms. The van der Waals surface area contributed by atoms with E-state index in [1.54, 1.807) is 12.5 Å². The molecule has 2 rings (SSSR count). The Labute approximate surface area is 118 Å². The van der Waals surface area contributed by atoms with Crippen molar-refractivity contribution >= 4 is 10.0 Å². The van der Waals surface area contributed by atoms with Crippen LogP contribution >= 0.6 is 0 Å². The minimum Gasteiger partial charge on any atom is -0.467 e. The summed E-state index contributed by atoms with van der Waals surface area (Å²) >= 11 is 0. The van der Waals surface area contributed by atoms with Crippen LogP contribution in [0.2, 0.25) is 0 Å². The summed E-state index contributed by atoms with van der Waals surface area (Å²) in [5.41, 5.74) is 0. The fraction of sp³-hybridized carbons (Fsp3) is 0.417. The molecule has 0 aromatic carbocycles. The van der Waals surface area contributed by atoms with Gasteiger partial charge in [0.2, 0.25) is 10.0 Å². The third-order valence-electron chi connectivity index (χ3n) is 2.78. The van der Waals surface area contributed by atoms with Crippen LogP contribution in [0.15, 0.2) is 35.2 Å². The third kappa shape index (κ3) is 3.92. The Bertz CT molecular complexity index is 633. The number of rotatable bonds is 7. The monoisotopic (exact) mass is 298 g/mol. The van der Waals surface area contributed by atoms with E-state index in [1.807, 2.05) is 29.9 Å². The van der Waals surface area contributed by atoms with E-state index in [0.717, 1.165) is 17.8 Å². The summed E-state index contributed by atoms with van der Waals surface area (Å²) in [6.45, 7) is 0.770. The normalized spacial score (nSPS) is 13.5. The van der Waals surface area contributed by atoms with Crippen molar-refractivity contribution in [1.29, 1.82) is 0 Å². The Morgan fingerprint density at radius 3 is 2.80 bits per heavy atom. The fourth-order valence-corrected chi connectivity index (χ4v) is 2.36. The van der Waals surface area contributed by atoms with Crippen molar-refractivity contribution in [2.75, 3.05) is 19.3 Å². The van der Waals surface area contributed by atoms with Crippen LogP contribution in [0, 0.1) is 0 Å². The molecule has 0 aliphatic carbocycles.